The zero-order valence-corrected chi connectivity index (χ0v) is 16.3. The number of rotatable bonds is 4. The van der Waals surface area contributed by atoms with E-state index in [0.29, 0.717) is 17.7 Å². The van der Waals surface area contributed by atoms with Crippen LogP contribution in [0.3, 0.4) is 0 Å². The number of nitro groups is 1. The number of nitrogens with one attached hydrogen (secondary N) is 1. The molecule has 9 nitrogen and oxygen atoms in total. The maximum atomic E-state index is 14.0. The van der Waals surface area contributed by atoms with Crippen molar-refractivity contribution < 1.29 is 32.5 Å². The standard InChI is InChI=1S/C20H15F3N4O5/c21-20(22,23)19(13-4-2-1-3-5-13)17(29)26(18(30)24-19)11-16(28)25-9-8-12-10-14(27(31)32)6-7-15(12)25/h1-7,10H,8-9,11H2,(H,24,30). The molecule has 1 saturated heterocycles. The van der Waals surface area contributed by atoms with E-state index in [1.165, 1.54) is 41.3 Å². The van der Waals surface area contributed by atoms with Crippen LogP contribution in [0, 0.1) is 10.1 Å². The van der Waals surface area contributed by atoms with E-state index in [0.717, 1.165) is 12.1 Å². The minimum absolute atomic E-state index is 0.113. The minimum Gasteiger partial charge on any atom is -0.312 e. The van der Waals surface area contributed by atoms with E-state index in [1.54, 1.807) is 5.32 Å². The lowest BCUT2D eigenvalue weighted by Crippen LogP contribution is -2.56. The van der Waals surface area contributed by atoms with E-state index in [9.17, 15) is 37.7 Å². The lowest BCUT2D eigenvalue weighted by Gasteiger charge is -2.29. The van der Waals surface area contributed by atoms with E-state index in [2.05, 4.69) is 0 Å². The molecule has 0 saturated carbocycles. The lowest BCUT2D eigenvalue weighted by molar-refractivity contribution is -0.384. The maximum absolute atomic E-state index is 14.0. The van der Waals surface area contributed by atoms with Gasteiger partial charge in [0.2, 0.25) is 11.4 Å². The lowest BCUT2D eigenvalue weighted by atomic mass is 9.89. The zero-order valence-electron chi connectivity index (χ0n) is 16.3. The van der Waals surface area contributed by atoms with Crippen LogP contribution in [0.2, 0.25) is 0 Å². The summed E-state index contributed by atoms with van der Waals surface area (Å²) in [4.78, 5) is 49.8. The van der Waals surface area contributed by atoms with Crippen LogP contribution in [0.5, 0.6) is 0 Å². The Labute approximate surface area is 178 Å². The van der Waals surface area contributed by atoms with Crippen LogP contribution in [0.25, 0.3) is 0 Å². The van der Waals surface area contributed by atoms with Gasteiger partial charge in [-0.25, -0.2) is 4.79 Å². The molecule has 2 aromatic carbocycles. The van der Waals surface area contributed by atoms with Gasteiger partial charge in [-0.1, -0.05) is 30.3 Å². The maximum Gasteiger partial charge on any atom is 0.425 e. The molecule has 0 bridgehead atoms. The van der Waals surface area contributed by atoms with Gasteiger partial charge in [-0.3, -0.25) is 24.6 Å². The highest BCUT2D eigenvalue weighted by atomic mass is 19.4. The highest BCUT2D eigenvalue weighted by molar-refractivity contribution is 6.11. The van der Waals surface area contributed by atoms with Gasteiger partial charge in [-0.05, 0) is 23.6 Å². The van der Waals surface area contributed by atoms with Crippen LogP contribution >= 0.6 is 0 Å². The molecule has 2 heterocycles. The molecule has 2 aromatic rings. The third kappa shape index (κ3) is 3.15. The molecule has 0 spiro atoms. The van der Waals surface area contributed by atoms with Gasteiger partial charge in [-0.15, -0.1) is 0 Å². The monoisotopic (exact) mass is 448 g/mol. The Morgan fingerprint density at radius 1 is 1.16 bits per heavy atom. The molecule has 2 aliphatic rings. The summed E-state index contributed by atoms with van der Waals surface area (Å²) in [5.41, 5.74) is -3.07. The topological polar surface area (TPSA) is 113 Å². The van der Waals surface area contributed by atoms with E-state index in [-0.39, 0.29) is 17.1 Å². The average Bonchev–Trinajstić information content (AvgIpc) is 3.28. The van der Waals surface area contributed by atoms with E-state index in [4.69, 9.17) is 0 Å². The quantitative estimate of drug-likeness (QED) is 0.439. The molecular weight excluding hydrogens is 433 g/mol. The van der Waals surface area contributed by atoms with Crippen molar-refractivity contribution >= 4 is 29.2 Å². The van der Waals surface area contributed by atoms with Crippen molar-refractivity contribution in [3.05, 3.63) is 69.8 Å². The second-order valence-corrected chi connectivity index (χ2v) is 7.30. The molecule has 1 fully saturated rings. The number of imide groups is 1. The fourth-order valence-corrected chi connectivity index (χ4v) is 3.94. The van der Waals surface area contributed by atoms with Gasteiger partial charge in [0.05, 0.1) is 4.92 Å². The summed E-state index contributed by atoms with van der Waals surface area (Å²) in [6.07, 6.45) is -4.86. The predicted molar refractivity (Wildman–Crippen MR) is 104 cm³/mol. The molecule has 1 atom stereocenters. The number of nitrogens with zero attached hydrogens (tertiary/aromatic N) is 3. The SMILES string of the molecule is O=C1NC(c2ccccc2)(C(F)(F)F)C(=O)N1CC(=O)N1CCc2cc([N+](=O)[O-])ccc21. The zero-order chi connectivity index (χ0) is 23.3. The largest absolute Gasteiger partial charge is 0.425 e. The second-order valence-electron chi connectivity index (χ2n) is 7.30. The number of amides is 4. The van der Waals surface area contributed by atoms with Gasteiger partial charge in [0.15, 0.2) is 0 Å². The first-order chi connectivity index (χ1) is 15.1. The Kier molecular flexibility index (Phi) is 4.87. The Balaban J connectivity index is 1.61. The van der Waals surface area contributed by atoms with Crippen LogP contribution in [0.15, 0.2) is 48.5 Å². The number of alkyl halides is 3. The number of nitro benzene ring substituents is 1. The van der Waals surface area contributed by atoms with Crippen molar-refractivity contribution in [2.45, 2.75) is 18.1 Å². The van der Waals surface area contributed by atoms with Crippen molar-refractivity contribution in [3.63, 3.8) is 0 Å². The normalized spacial score (nSPS) is 20.3. The summed E-state index contributed by atoms with van der Waals surface area (Å²) >= 11 is 0. The number of hydrogen-bond donors (Lipinski definition) is 1. The fraction of sp³-hybridized carbons (Fsp3) is 0.250. The molecule has 12 heteroatoms. The summed E-state index contributed by atoms with van der Waals surface area (Å²) in [7, 11) is 0. The van der Waals surface area contributed by atoms with Crippen LogP contribution < -0.4 is 10.2 Å². The number of fused-ring (bicyclic) bond motifs is 1. The third-order valence-electron chi connectivity index (χ3n) is 5.50. The molecule has 1 N–H and O–H groups in total. The number of benzene rings is 2. The smallest absolute Gasteiger partial charge is 0.312 e. The molecule has 0 aromatic heterocycles. The van der Waals surface area contributed by atoms with Crippen molar-refractivity contribution in [1.82, 2.24) is 10.2 Å². The Hall–Kier alpha value is -3.96. The summed E-state index contributed by atoms with van der Waals surface area (Å²) in [5, 5.41) is 12.6. The Bertz CT molecular complexity index is 1140. The van der Waals surface area contributed by atoms with Gasteiger partial charge in [0.25, 0.3) is 11.6 Å². The first-order valence-electron chi connectivity index (χ1n) is 9.40. The number of carbonyl (C=O) groups is 3. The number of urea groups is 1. The van der Waals surface area contributed by atoms with Gasteiger partial charge < -0.3 is 10.2 Å². The van der Waals surface area contributed by atoms with Crippen LogP contribution in [-0.4, -0.2) is 46.9 Å². The molecule has 32 heavy (non-hydrogen) atoms. The second kappa shape index (κ2) is 7.32. The Morgan fingerprint density at radius 3 is 2.47 bits per heavy atom. The van der Waals surface area contributed by atoms with Crippen LogP contribution in [0.1, 0.15) is 11.1 Å². The molecular formula is C20H15F3N4O5. The molecule has 166 valence electrons. The molecule has 2 aliphatic heterocycles. The van der Waals surface area contributed by atoms with Crippen LogP contribution in [-0.2, 0) is 21.5 Å². The summed E-state index contributed by atoms with van der Waals surface area (Å²) in [5.74, 6) is -2.38. The molecule has 0 aliphatic carbocycles. The highest BCUT2D eigenvalue weighted by Gasteiger charge is 2.68. The number of halogens is 3. The number of hydrogen-bond acceptors (Lipinski definition) is 5. The van der Waals surface area contributed by atoms with E-state index >= 15 is 0 Å². The van der Waals surface area contributed by atoms with Crippen molar-refractivity contribution in [2.24, 2.45) is 0 Å². The molecule has 4 rings (SSSR count). The van der Waals surface area contributed by atoms with Gasteiger partial charge >= 0.3 is 12.2 Å². The van der Waals surface area contributed by atoms with Gasteiger partial charge in [0.1, 0.15) is 6.54 Å². The van der Waals surface area contributed by atoms with Crippen molar-refractivity contribution in [2.75, 3.05) is 18.0 Å². The number of anilines is 1. The number of non-ortho nitro benzene ring substituents is 1. The van der Waals surface area contributed by atoms with E-state index < -0.39 is 46.6 Å². The Morgan fingerprint density at radius 2 is 1.84 bits per heavy atom. The summed E-state index contributed by atoms with van der Waals surface area (Å²) in [6, 6.07) is 8.73. The molecule has 1 unspecified atom stereocenters. The summed E-state index contributed by atoms with van der Waals surface area (Å²) < 4.78 is 42.1. The first kappa shape index (κ1) is 21.3. The van der Waals surface area contributed by atoms with Crippen LogP contribution in [0.4, 0.5) is 29.3 Å². The minimum atomic E-state index is -5.15. The van der Waals surface area contributed by atoms with Gasteiger partial charge in [0, 0.05) is 24.4 Å². The van der Waals surface area contributed by atoms with Crippen molar-refractivity contribution in [3.8, 4) is 0 Å². The molecule has 0 radical (unpaired) electrons. The highest BCUT2D eigenvalue weighted by Crippen LogP contribution is 2.43. The fourth-order valence-electron chi connectivity index (χ4n) is 3.94. The van der Waals surface area contributed by atoms with Gasteiger partial charge in [-0.2, -0.15) is 13.2 Å². The third-order valence-corrected chi connectivity index (χ3v) is 5.50. The average molecular weight is 448 g/mol. The van der Waals surface area contributed by atoms with E-state index in [1.807, 2.05) is 0 Å². The predicted octanol–water partition coefficient (Wildman–Crippen LogP) is 2.49. The summed E-state index contributed by atoms with van der Waals surface area (Å²) in [6.45, 7) is -0.798. The molecule has 4 amide bonds. The number of carbonyl (C=O) groups excluding carboxylic acids is 3. The first-order valence-corrected chi connectivity index (χ1v) is 9.40. The van der Waals surface area contributed by atoms with Crippen molar-refractivity contribution in [1.29, 1.82) is 0 Å².